The molecule has 0 aliphatic carbocycles. The number of nitrogens with zero attached hydrogens (tertiary/aromatic N) is 1. The van der Waals surface area contributed by atoms with E-state index >= 15 is 0 Å². The number of carboxylic acid groups (broad SMARTS) is 1. The van der Waals surface area contributed by atoms with Crippen LogP contribution >= 0.6 is 0 Å². The summed E-state index contributed by atoms with van der Waals surface area (Å²) in [6, 6.07) is 19.7. The normalized spacial score (nSPS) is 19.4. The summed E-state index contributed by atoms with van der Waals surface area (Å²) in [6.07, 6.45) is 1.96. The highest BCUT2D eigenvalue weighted by Gasteiger charge is 2.37. The number of aliphatic carboxylic acids is 1. The van der Waals surface area contributed by atoms with Gasteiger partial charge in [0.05, 0.1) is 0 Å². The largest absolute Gasteiger partial charge is 0.481 e. The number of hydrogen-bond acceptors (Lipinski definition) is 2. The highest BCUT2D eigenvalue weighted by molar-refractivity contribution is 5.78. The van der Waals surface area contributed by atoms with E-state index in [2.05, 4.69) is 17.0 Å². The lowest BCUT2D eigenvalue weighted by molar-refractivity contribution is -0.139. The van der Waals surface area contributed by atoms with Crippen molar-refractivity contribution >= 4 is 11.7 Å². The molecule has 2 aromatic carbocycles. The van der Waals surface area contributed by atoms with Crippen molar-refractivity contribution in [2.45, 2.75) is 24.8 Å². The molecule has 0 unspecified atom stereocenters. The summed E-state index contributed by atoms with van der Waals surface area (Å²) in [4.78, 5) is 14.1. The number of carbonyl (C=O) groups is 1. The van der Waals surface area contributed by atoms with Crippen LogP contribution in [0, 0.1) is 0 Å². The van der Waals surface area contributed by atoms with E-state index in [4.69, 9.17) is 0 Å². The number of para-hydroxylation sites is 1. The average Bonchev–Trinajstić information content (AvgIpc) is 2.98. The summed E-state index contributed by atoms with van der Waals surface area (Å²) in [7, 11) is 0. The lowest BCUT2D eigenvalue weighted by Gasteiger charge is -2.31. The minimum atomic E-state index is -0.742. The minimum Gasteiger partial charge on any atom is -0.481 e. The van der Waals surface area contributed by atoms with Gasteiger partial charge in [-0.15, -0.1) is 0 Å². The van der Waals surface area contributed by atoms with Gasteiger partial charge < -0.3 is 10.0 Å². The molecule has 0 spiro atoms. The summed E-state index contributed by atoms with van der Waals surface area (Å²) in [5.41, 5.74) is 2.00. The van der Waals surface area contributed by atoms with Gasteiger partial charge in [0.25, 0.3) is 0 Å². The van der Waals surface area contributed by atoms with Crippen LogP contribution in [-0.2, 0) is 4.79 Å². The Hall–Kier alpha value is -2.29. The molecule has 0 bridgehead atoms. The zero-order chi connectivity index (χ0) is 14.7. The molecule has 3 nitrogen and oxygen atoms in total. The van der Waals surface area contributed by atoms with Crippen molar-refractivity contribution in [1.29, 1.82) is 0 Å². The molecule has 3 heteroatoms. The molecular weight excluding hydrogens is 262 g/mol. The highest BCUT2D eigenvalue weighted by Crippen LogP contribution is 2.34. The average molecular weight is 281 g/mol. The lowest BCUT2D eigenvalue weighted by atomic mass is 9.89. The van der Waals surface area contributed by atoms with E-state index in [1.807, 2.05) is 48.5 Å². The number of hydrogen-bond donors (Lipinski definition) is 1. The van der Waals surface area contributed by atoms with Crippen LogP contribution < -0.4 is 4.90 Å². The van der Waals surface area contributed by atoms with E-state index in [0.717, 1.165) is 30.6 Å². The summed E-state index contributed by atoms with van der Waals surface area (Å²) in [5, 5.41) is 9.73. The summed E-state index contributed by atoms with van der Waals surface area (Å²) in [5.74, 6) is -1.22. The first-order valence-electron chi connectivity index (χ1n) is 7.37. The molecule has 1 N–H and O–H groups in total. The van der Waals surface area contributed by atoms with Gasteiger partial charge >= 0.3 is 5.97 Å². The predicted octanol–water partition coefficient (Wildman–Crippen LogP) is 3.52. The minimum absolute atomic E-state index is 0.0206. The fourth-order valence-electron chi connectivity index (χ4n) is 3.27. The molecule has 0 radical (unpaired) electrons. The van der Waals surface area contributed by atoms with Crippen molar-refractivity contribution in [3.8, 4) is 0 Å². The van der Waals surface area contributed by atoms with Crippen LogP contribution in [-0.4, -0.2) is 23.7 Å². The molecule has 2 aromatic rings. The Kier molecular flexibility index (Phi) is 3.91. The predicted molar refractivity (Wildman–Crippen MR) is 83.6 cm³/mol. The van der Waals surface area contributed by atoms with Crippen LogP contribution in [0.1, 0.15) is 24.3 Å². The summed E-state index contributed by atoms with van der Waals surface area (Å²) >= 11 is 0. The van der Waals surface area contributed by atoms with Crippen LogP contribution in [0.4, 0.5) is 5.69 Å². The zero-order valence-electron chi connectivity index (χ0n) is 11.9. The molecule has 2 atom stereocenters. The van der Waals surface area contributed by atoms with Crippen molar-refractivity contribution < 1.29 is 9.90 Å². The Morgan fingerprint density at radius 1 is 1.05 bits per heavy atom. The van der Waals surface area contributed by atoms with Crippen molar-refractivity contribution in [2.75, 3.05) is 11.4 Å². The lowest BCUT2D eigenvalue weighted by Crippen LogP contribution is -2.38. The van der Waals surface area contributed by atoms with Crippen molar-refractivity contribution in [1.82, 2.24) is 0 Å². The van der Waals surface area contributed by atoms with Gasteiger partial charge in [0.1, 0.15) is 5.92 Å². The maximum absolute atomic E-state index is 11.8. The number of benzene rings is 2. The van der Waals surface area contributed by atoms with Gasteiger partial charge in [-0.3, -0.25) is 4.79 Å². The second kappa shape index (κ2) is 6.00. The molecule has 0 saturated carbocycles. The van der Waals surface area contributed by atoms with E-state index in [9.17, 15) is 9.90 Å². The second-order valence-electron chi connectivity index (χ2n) is 5.47. The fraction of sp³-hybridized carbons (Fsp3) is 0.278. The third-order valence-corrected chi connectivity index (χ3v) is 4.20. The molecule has 108 valence electrons. The summed E-state index contributed by atoms with van der Waals surface area (Å²) < 4.78 is 0. The van der Waals surface area contributed by atoms with Crippen LogP contribution in [0.5, 0.6) is 0 Å². The van der Waals surface area contributed by atoms with Gasteiger partial charge in [0.15, 0.2) is 0 Å². The third kappa shape index (κ3) is 2.77. The van der Waals surface area contributed by atoms with E-state index in [0.29, 0.717) is 0 Å². The number of anilines is 1. The van der Waals surface area contributed by atoms with Gasteiger partial charge in [0, 0.05) is 18.3 Å². The maximum Gasteiger partial charge on any atom is 0.313 e. The smallest absolute Gasteiger partial charge is 0.313 e. The molecule has 0 aromatic heterocycles. The summed E-state index contributed by atoms with van der Waals surface area (Å²) in [6.45, 7) is 0.922. The Bertz CT molecular complexity index is 597. The van der Waals surface area contributed by atoms with Crippen LogP contribution in [0.15, 0.2) is 60.7 Å². The SMILES string of the molecule is O=C(O)[C@H](c1ccccc1)[C@H]1CCCN1c1ccccc1. The first kappa shape index (κ1) is 13.7. The molecular formula is C18H19NO2. The van der Waals surface area contributed by atoms with E-state index in [1.165, 1.54) is 0 Å². The Morgan fingerprint density at radius 2 is 1.67 bits per heavy atom. The van der Waals surface area contributed by atoms with Crippen molar-refractivity contribution in [3.63, 3.8) is 0 Å². The standard InChI is InChI=1S/C18H19NO2/c20-18(21)17(14-8-3-1-4-9-14)16-12-7-13-19(16)15-10-5-2-6-11-15/h1-6,8-11,16-17H,7,12-13H2,(H,20,21)/t16-,17-/m1/s1. The van der Waals surface area contributed by atoms with Gasteiger partial charge in [-0.2, -0.15) is 0 Å². The zero-order valence-corrected chi connectivity index (χ0v) is 11.9. The molecule has 1 heterocycles. The topological polar surface area (TPSA) is 40.5 Å². The molecule has 1 fully saturated rings. The third-order valence-electron chi connectivity index (χ3n) is 4.20. The molecule has 1 aliphatic heterocycles. The first-order chi connectivity index (χ1) is 10.3. The Labute approximate surface area is 124 Å². The molecule has 0 amide bonds. The molecule has 1 aliphatic rings. The number of rotatable bonds is 4. The van der Waals surface area contributed by atoms with Crippen LogP contribution in [0.3, 0.4) is 0 Å². The molecule has 21 heavy (non-hydrogen) atoms. The Balaban J connectivity index is 1.94. The van der Waals surface area contributed by atoms with E-state index in [-0.39, 0.29) is 6.04 Å². The second-order valence-corrected chi connectivity index (χ2v) is 5.47. The first-order valence-corrected chi connectivity index (χ1v) is 7.37. The van der Waals surface area contributed by atoms with Gasteiger partial charge in [0.2, 0.25) is 0 Å². The highest BCUT2D eigenvalue weighted by atomic mass is 16.4. The van der Waals surface area contributed by atoms with Gasteiger partial charge in [-0.1, -0.05) is 48.5 Å². The maximum atomic E-state index is 11.8. The fourth-order valence-corrected chi connectivity index (χ4v) is 3.27. The van der Waals surface area contributed by atoms with Crippen LogP contribution in [0.2, 0.25) is 0 Å². The Morgan fingerprint density at radius 3 is 2.29 bits per heavy atom. The van der Waals surface area contributed by atoms with Crippen molar-refractivity contribution in [3.05, 3.63) is 66.2 Å². The van der Waals surface area contributed by atoms with E-state index in [1.54, 1.807) is 0 Å². The van der Waals surface area contributed by atoms with Gasteiger partial charge in [-0.25, -0.2) is 0 Å². The quantitative estimate of drug-likeness (QED) is 0.932. The monoisotopic (exact) mass is 281 g/mol. The van der Waals surface area contributed by atoms with E-state index < -0.39 is 11.9 Å². The molecule has 3 rings (SSSR count). The van der Waals surface area contributed by atoms with Gasteiger partial charge in [-0.05, 0) is 30.5 Å². The number of carboxylic acids is 1. The molecule has 1 saturated heterocycles. The van der Waals surface area contributed by atoms with Crippen LogP contribution in [0.25, 0.3) is 0 Å². The van der Waals surface area contributed by atoms with Crippen molar-refractivity contribution in [2.24, 2.45) is 0 Å².